The first-order valence-electron chi connectivity index (χ1n) is 5.36. The van der Waals surface area contributed by atoms with E-state index in [4.69, 9.17) is 0 Å². The summed E-state index contributed by atoms with van der Waals surface area (Å²) < 4.78 is 0. The molecule has 1 aliphatic heterocycles. The van der Waals surface area contributed by atoms with Gasteiger partial charge in [0.05, 0.1) is 10.9 Å². The van der Waals surface area contributed by atoms with Gasteiger partial charge in [0.15, 0.2) is 5.49 Å². The van der Waals surface area contributed by atoms with E-state index in [0.29, 0.717) is 5.49 Å². The first kappa shape index (κ1) is 9.39. The Bertz CT molecular complexity index is 687. The Morgan fingerprint density at radius 3 is 3.00 bits per heavy atom. The van der Waals surface area contributed by atoms with E-state index < -0.39 is 0 Å². The zero-order valence-corrected chi connectivity index (χ0v) is 9.29. The summed E-state index contributed by atoms with van der Waals surface area (Å²) >= 11 is 0. The van der Waals surface area contributed by atoms with Crippen molar-refractivity contribution in [2.45, 2.75) is 25.8 Å². The first-order chi connectivity index (χ1) is 7.57. The van der Waals surface area contributed by atoms with Gasteiger partial charge in [-0.3, -0.25) is 9.98 Å². The number of hydrogen-bond acceptors (Lipinski definition) is 2. The Morgan fingerprint density at radius 1 is 1.38 bits per heavy atom. The molecule has 0 fully saturated rings. The quantitative estimate of drug-likeness (QED) is 0.636. The topological polar surface area (TPSA) is 61.0 Å². The molecule has 4 heteroatoms. The minimum Gasteiger partial charge on any atom is -0.304 e. The van der Waals surface area contributed by atoms with E-state index >= 15 is 0 Å². The standard InChI is InChI=1S/C12H13N3O/c1-7-3-4-12(2)8(5-7)6-9-10(15-12)14-11(16)13-9/h3,5-6H,4H2,1-2H3,(H2,13,14,15,16). The van der Waals surface area contributed by atoms with Crippen LogP contribution < -0.4 is 16.5 Å². The lowest BCUT2D eigenvalue weighted by molar-refractivity contribution is 0.544. The largest absolute Gasteiger partial charge is 0.325 e. The molecule has 0 aromatic carbocycles. The molecule has 2 aliphatic rings. The number of H-pyrrole nitrogens is 2. The normalized spacial score (nSPS) is 26.9. The summed E-state index contributed by atoms with van der Waals surface area (Å²) in [7, 11) is 0. The van der Waals surface area contributed by atoms with Crippen LogP contribution in [0.2, 0.25) is 0 Å². The predicted octanol–water partition coefficient (Wildman–Crippen LogP) is 0.152. The van der Waals surface area contributed by atoms with Gasteiger partial charge >= 0.3 is 5.69 Å². The molecule has 0 radical (unpaired) electrons. The van der Waals surface area contributed by atoms with Crippen molar-refractivity contribution in [3.05, 3.63) is 44.6 Å². The molecule has 1 aromatic heterocycles. The van der Waals surface area contributed by atoms with Crippen molar-refractivity contribution in [3.8, 4) is 0 Å². The summed E-state index contributed by atoms with van der Waals surface area (Å²) in [6.45, 7) is 4.17. The van der Waals surface area contributed by atoms with E-state index in [9.17, 15) is 4.79 Å². The Morgan fingerprint density at radius 2 is 2.19 bits per heavy atom. The van der Waals surface area contributed by atoms with Crippen LogP contribution in [0.5, 0.6) is 0 Å². The van der Waals surface area contributed by atoms with Crippen LogP contribution in [0.3, 0.4) is 0 Å². The minimum atomic E-state index is -0.225. The molecule has 16 heavy (non-hydrogen) atoms. The number of rotatable bonds is 0. The maximum Gasteiger partial charge on any atom is 0.325 e. The summed E-state index contributed by atoms with van der Waals surface area (Å²) in [5, 5.41) is 0.781. The SMILES string of the molecule is CC1=CCC2(C)N=c3[nH]c(=O)[nH]c3=CC2=C1. The van der Waals surface area contributed by atoms with Crippen molar-refractivity contribution in [3.63, 3.8) is 0 Å². The van der Waals surface area contributed by atoms with Crippen LogP contribution in [-0.4, -0.2) is 15.5 Å². The molecule has 2 N–H and O–H groups in total. The van der Waals surface area contributed by atoms with Gasteiger partial charge in [0, 0.05) is 0 Å². The molecule has 0 amide bonds. The summed E-state index contributed by atoms with van der Waals surface area (Å²) in [4.78, 5) is 21.3. The smallest absolute Gasteiger partial charge is 0.304 e. The van der Waals surface area contributed by atoms with Crippen molar-refractivity contribution < 1.29 is 0 Å². The molecule has 1 aromatic rings. The van der Waals surface area contributed by atoms with Crippen molar-refractivity contribution in [1.82, 2.24) is 9.97 Å². The summed E-state index contributed by atoms with van der Waals surface area (Å²) in [5.41, 5.74) is 2.66. The second-order valence-corrected chi connectivity index (χ2v) is 4.62. The Labute approximate surface area is 92.1 Å². The molecule has 0 bridgehead atoms. The van der Waals surface area contributed by atoms with Gasteiger partial charge < -0.3 is 4.98 Å². The third kappa shape index (κ3) is 1.23. The third-order valence-electron chi connectivity index (χ3n) is 3.22. The summed E-state index contributed by atoms with van der Waals surface area (Å²) in [6, 6.07) is 0. The molecule has 1 unspecified atom stereocenters. The molecule has 0 saturated heterocycles. The van der Waals surface area contributed by atoms with Crippen LogP contribution in [0.4, 0.5) is 0 Å². The van der Waals surface area contributed by atoms with E-state index in [-0.39, 0.29) is 11.2 Å². The van der Waals surface area contributed by atoms with Crippen LogP contribution >= 0.6 is 0 Å². The fourth-order valence-electron chi connectivity index (χ4n) is 2.23. The molecule has 1 aliphatic carbocycles. The molecule has 4 nitrogen and oxygen atoms in total. The lowest BCUT2D eigenvalue weighted by atomic mass is 9.82. The highest BCUT2D eigenvalue weighted by Crippen LogP contribution is 2.32. The summed E-state index contributed by atoms with van der Waals surface area (Å²) in [5.74, 6) is 0. The van der Waals surface area contributed by atoms with Gasteiger partial charge in [-0.2, -0.15) is 0 Å². The van der Waals surface area contributed by atoms with Gasteiger partial charge in [0.25, 0.3) is 0 Å². The van der Waals surface area contributed by atoms with E-state index in [1.54, 1.807) is 0 Å². The maximum atomic E-state index is 11.2. The van der Waals surface area contributed by atoms with Gasteiger partial charge in [-0.1, -0.05) is 17.7 Å². The second-order valence-electron chi connectivity index (χ2n) is 4.62. The van der Waals surface area contributed by atoms with Crippen LogP contribution in [0.15, 0.2) is 33.1 Å². The van der Waals surface area contributed by atoms with Gasteiger partial charge in [-0.15, -0.1) is 0 Å². The van der Waals surface area contributed by atoms with Crippen molar-refractivity contribution >= 4 is 6.08 Å². The number of hydrogen-bond donors (Lipinski definition) is 2. The lowest BCUT2D eigenvalue weighted by Crippen LogP contribution is -2.39. The van der Waals surface area contributed by atoms with Gasteiger partial charge in [0.2, 0.25) is 0 Å². The average molecular weight is 215 g/mol. The number of aromatic amines is 2. The number of nitrogens with one attached hydrogen (secondary N) is 2. The van der Waals surface area contributed by atoms with Crippen LogP contribution in [0, 0.1) is 0 Å². The third-order valence-corrected chi connectivity index (χ3v) is 3.22. The molecule has 0 saturated carbocycles. The van der Waals surface area contributed by atoms with Gasteiger partial charge in [-0.05, 0) is 31.9 Å². The Hall–Kier alpha value is -1.84. The van der Waals surface area contributed by atoms with E-state index in [1.807, 2.05) is 6.08 Å². The fourth-order valence-corrected chi connectivity index (χ4v) is 2.23. The van der Waals surface area contributed by atoms with Gasteiger partial charge in [0.1, 0.15) is 0 Å². The number of aromatic nitrogens is 2. The van der Waals surface area contributed by atoms with Crippen molar-refractivity contribution in [2.75, 3.05) is 0 Å². The highest BCUT2D eigenvalue weighted by Gasteiger charge is 2.30. The average Bonchev–Trinajstić information content (AvgIpc) is 2.54. The molecular formula is C12H13N3O. The zero-order valence-electron chi connectivity index (χ0n) is 9.29. The molecule has 3 rings (SSSR count). The fraction of sp³-hybridized carbons (Fsp3) is 0.333. The first-order valence-corrected chi connectivity index (χ1v) is 5.36. The maximum absolute atomic E-state index is 11.2. The molecular weight excluding hydrogens is 202 g/mol. The van der Waals surface area contributed by atoms with Crippen LogP contribution in [0.1, 0.15) is 20.3 Å². The molecule has 2 heterocycles. The zero-order chi connectivity index (χ0) is 11.3. The number of imidazole rings is 1. The Balaban J connectivity index is 2.34. The van der Waals surface area contributed by atoms with Gasteiger partial charge in [-0.25, -0.2) is 4.79 Å². The number of allylic oxidation sites excluding steroid dienone is 2. The monoisotopic (exact) mass is 215 g/mol. The number of fused-ring (bicyclic) bond motifs is 2. The van der Waals surface area contributed by atoms with E-state index in [1.165, 1.54) is 5.57 Å². The van der Waals surface area contributed by atoms with Crippen molar-refractivity contribution in [1.29, 1.82) is 0 Å². The van der Waals surface area contributed by atoms with E-state index in [2.05, 4.69) is 41.0 Å². The second kappa shape index (κ2) is 2.84. The summed E-state index contributed by atoms with van der Waals surface area (Å²) in [6.07, 6.45) is 7.20. The highest BCUT2D eigenvalue weighted by atomic mass is 16.1. The Kier molecular flexibility index (Phi) is 1.67. The van der Waals surface area contributed by atoms with E-state index in [0.717, 1.165) is 17.3 Å². The highest BCUT2D eigenvalue weighted by molar-refractivity contribution is 5.57. The van der Waals surface area contributed by atoms with Crippen LogP contribution in [-0.2, 0) is 0 Å². The molecule has 0 spiro atoms. The molecule has 1 atom stereocenters. The minimum absolute atomic E-state index is 0.197. The molecule has 82 valence electrons. The lowest BCUT2D eigenvalue weighted by Gasteiger charge is -2.30. The predicted molar refractivity (Wildman–Crippen MR) is 61.5 cm³/mol. The number of nitrogens with zero attached hydrogens (tertiary/aromatic N) is 1. The van der Waals surface area contributed by atoms with Crippen LogP contribution in [0.25, 0.3) is 6.08 Å². The van der Waals surface area contributed by atoms with Crippen molar-refractivity contribution in [2.24, 2.45) is 4.99 Å².